The van der Waals surface area contributed by atoms with E-state index in [2.05, 4.69) is 6.92 Å². The first-order valence-electron chi connectivity index (χ1n) is 8.75. The summed E-state index contributed by atoms with van der Waals surface area (Å²) in [7, 11) is 0. The zero-order valence-corrected chi connectivity index (χ0v) is 14.5. The molecule has 132 valence electrons. The number of carbonyl (C=O) groups is 2. The van der Waals surface area contributed by atoms with Gasteiger partial charge in [-0.15, -0.1) is 0 Å². The molecule has 0 amide bonds. The largest absolute Gasteiger partial charge is 0.507 e. The maximum atomic E-state index is 12.3. The van der Waals surface area contributed by atoms with Gasteiger partial charge in [0.15, 0.2) is 5.78 Å². The van der Waals surface area contributed by atoms with Gasteiger partial charge in [0.05, 0.1) is 0 Å². The SMILES string of the molecule is CCCCCCCC(=O)c1ccc(O)c(C(=O)Oc2ccccc2)c1. The van der Waals surface area contributed by atoms with Crippen LogP contribution in [0, 0.1) is 0 Å². The molecular formula is C21H24O4. The molecule has 2 aromatic carbocycles. The number of hydrogen-bond acceptors (Lipinski definition) is 4. The highest BCUT2D eigenvalue weighted by Gasteiger charge is 2.17. The van der Waals surface area contributed by atoms with Gasteiger partial charge < -0.3 is 9.84 Å². The van der Waals surface area contributed by atoms with E-state index in [1.54, 1.807) is 30.3 Å². The minimum absolute atomic E-state index is 0.000635. The van der Waals surface area contributed by atoms with Gasteiger partial charge in [0.25, 0.3) is 0 Å². The molecule has 4 heteroatoms. The molecule has 0 aromatic heterocycles. The van der Waals surface area contributed by atoms with Gasteiger partial charge in [-0.25, -0.2) is 4.79 Å². The van der Waals surface area contributed by atoms with Gasteiger partial charge in [0.2, 0.25) is 0 Å². The molecule has 0 aliphatic rings. The van der Waals surface area contributed by atoms with Gasteiger partial charge in [-0.05, 0) is 36.8 Å². The molecule has 0 saturated carbocycles. The second-order valence-corrected chi connectivity index (χ2v) is 6.02. The normalized spacial score (nSPS) is 10.4. The van der Waals surface area contributed by atoms with Crippen molar-refractivity contribution in [1.82, 2.24) is 0 Å². The van der Waals surface area contributed by atoms with E-state index >= 15 is 0 Å². The third-order valence-corrected chi connectivity index (χ3v) is 4.00. The van der Waals surface area contributed by atoms with Crippen LogP contribution in [0.15, 0.2) is 48.5 Å². The van der Waals surface area contributed by atoms with Gasteiger partial charge in [-0.3, -0.25) is 4.79 Å². The Kier molecular flexibility index (Phi) is 7.20. The number of hydrogen-bond donors (Lipinski definition) is 1. The van der Waals surface area contributed by atoms with Gasteiger partial charge in [-0.2, -0.15) is 0 Å². The minimum Gasteiger partial charge on any atom is -0.507 e. The number of para-hydroxylation sites is 1. The lowest BCUT2D eigenvalue weighted by atomic mass is 10.0. The Hall–Kier alpha value is -2.62. The highest BCUT2D eigenvalue weighted by atomic mass is 16.5. The monoisotopic (exact) mass is 340 g/mol. The molecule has 0 fully saturated rings. The van der Waals surface area contributed by atoms with Crippen molar-refractivity contribution in [2.45, 2.75) is 45.4 Å². The Morgan fingerprint density at radius 2 is 1.68 bits per heavy atom. The highest BCUT2D eigenvalue weighted by molar-refractivity contribution is 6.00. The molecule has 0 bridgehead atoms. The van der Waals surface area contributed by atoms with Crippen LogP contribution in [-0.4, -0.2) is 16.9 Å². The van der Waals surface area contributed by atoms with Gasteiger partial charge in [0, 0.05) is 12.0 Å². The smallest absolute Gasteiger partial charge is 0.347 e. The average Bonchev–Trinajstić information content (AvgIpc) is 2.62. The van der Waals surface area contributed by atoms with Crippen LogP contribution in [-0.2, 0) is 0 Å². The predicted molar refractivity (Wildman–Crippen MR) is 97.2 cm³/mol. The topological polar surface area (TPSA) is 63.6 Å². The van der Waals surface area contributed by atoms with Crippen molar-refractivity contribution < 1.29 is 19.4 Å². The third kappa shape index (κ3) is 5.75. The second kappa shape index (κ2) is 9.62. The lowest BCUT2D eigenvalue weighted by molar-refractivity contribution is 0.0731. The summed E-state index contributed by atoms with van der Waals surface area (Å²) >= 11 is 0. The first kappa shape index (κ1) is 18.7. The number of phenols is 1. The third-order valence-electron chi connectivity index (χ3n) is 4.00. The first-order valence-corrected chi connectivity index (χ1v) is 8.75. The standard InChI is InChI=1S/C21H24O4/c1-2-3-4-5-9-12-19(22)16-13-14-20(23)18(15-16)21(24)25-17-10-7-6-8-11-17/h6-8,10-11,13-15,23H,2-5,9,12H2,1H3. The number of esters is 1. The quantitative estimate of drug-likeness (QED) is 0.296. The first-order chi connectivity index (χ1) is 12.1. The molecule has 0 aliphatic heterocycles. The Morgan fingerprint density at radius 3 is 2.40 bits per heavy atom. The van der Waals surface area contributed by atoms with E-state index < -0.39 is 5.97 Å². The molecule has 25 heavy (non-hydrogen) atoms. The summed E-state index contributed by atoms with van der Waals surface area (Å²) in [6.45, 7) is 2.15. The van der Waals surface area contributed by atoms with E-state index in [0.29, 0.717) is 17.7 Å². The number of ketones is 1. The summed E-state index contributed by atoms with van der Waals surface area (Å²) in [4.78, 5) is 24.5. The molecule has 0 radical (unpaired) electrons. The summed E-state index contributed by atoms with van der Waals surface area (Å²) in [5, 5.41) is 9.93. The van der Waals surface area contributed by atoms with Crippen molar-refractivity contribution in [2.75, 3.05) is 0 Å². The fourth-order valence-electron chi connectivity index (χ4n) is 2.56. The fourth-order valence-corrected chi connectivity index (χ4v) is 2.56. The van der Waals surface area contributed by atoms with E-state index in [4.69, 9.17) is 4.74 Å². The number of Topliss-reactive ketones (excluding diaryl/α,β-unsaturated/α-hetero) is 1. The Labute approximate surface area is 148 Å². The minimum atomic E-state index is -0.679. The van der Waals surface area contributed by atoms with Gasteiger partial charge in [-0.1, -0.05) is 50.8 Å². The molecule has 0 aliphatic carbocycles. The number of ether oxygens (including phenoxy) is 1. The van der Waals surface area contributed by atoms with Crippen LogP contribution in [0.25, 0.3) is 0 Å². The summed E-state index contributed by atoms with van der Waals surface area (Å²) < 4.78 is 5.23. The van der Waals surface area contributed by atoms with E-state index in [-0.39, 0.29) is 17.1 Å². The maximum Gasteiger partial charge on any atom is 0.347 e. The van der Waals surface area contributed by atoms with Crippen molar-refractivity contribution in [2.24, 2.45) is 0 Å². The van der Waals surface area contributed by atoms with Crippen molar-refractivity contribution >= 4 is 11.8 Å². The van der Waals surface area contributed by atoms with E-state index in [0.717, 1.165) is 19.3 Å². The number of phenolic OH excluding ortho intramolecular Hbond substituents is 1. The van der Waals surface area contributed by atoms with Crippen LogP contribution >= 0.6 is 0 Å². The van der Waals surface area contributed by atoms with Crippen molar-refractivity contribution in [3.05, 3.63) is 59.7 Å². The van der Waals surface area contributed by atoms with E-state index in [9.17, 15) is 14.7 Å². The molecule has 1 N–H and O–H groups in total. The fraction of sp³-hybridized carbons (Fsp3) is 0.333. The lowest BCUT2D eigenvalue weighted by Gasteiger charge is -2.08. The zero-order valence-electron chi connectivity index (χ0n) is 14.5. The molecule has 0 unspecified atom stereocenters. The average molecular weight is 340 g/mol. The molecule has 0 saturated heterocycles. The second-order valence-electron chi connectivity index (χ2n) is 6.02. The predicted octanol–water partition coefficient (Wildman–Crippen LogP) is 5.15. The van der Waals surface area contributed by atoms with E-state index in [1.807, 2.05) is 6.07 Å². The maximum absolute atomic E-state index is 12.3. The summed E-state index contributed by atoms with van der Waals surface area (Å²) in [5.74, 6) is -0.508. The van der Waals surface area contributed by atoms with Gasteiger partial charge in [0.1, 0.15) is 17.1 Å². The number of carbonyl (C=O) groups excluding carboxylic acids is 2. The molecule has 0 spiro atoms. The number of rotatable bonds is 9. The Balaban J connectivity index is 2.01. The summed E-state index contributed by atoms with van der Waals surface area (Å²) in [5.41, 5.74) is 0.425. The number of unbranched alkanes of at least 4 members (excludes halogenated alkanes) is 4. The molecule has 2 rings (SSSR count). The van der Waals surface area contributed by atoms with Crippen LogP contribution in [0.4, 0.5) is 0 Å². The van der Waals surface area contributed by atoms with Crippen LogP contribution in [0.2, 0.25) is 0 Å². The number of benzene rings is 2. The molecule has 2 aromatic rings. The van der Waals surface area contributed by atoms with Crippen LogP contribution in [0.5, 0.6) is 11.5 Å². The van der Waals surface area contributed by atoms with Crippen LogP contribution < -0.4 is 4.74 Å². The summed E-state index contributed by atoms with van der Waals surface area (Å²) in [6.07, 6.45) is 5.79. The molecule has 0 heterocycles. The Bertz CT molecular complexity index is 707. The van der Waals surface area contributed by atoms with Gasteiger partial charge >= 0.3 is 5.97 Å². The van der Waals surface area contributed by atoms with Crippen LogP contribution in [0.1, 0.15) is 66.2 Å². The molecule has 4 nitrogen and oxygen atoms in total. The van der Waals surface area contributed by atoms with Crippen molar-refractivity contribution in [3.63, 3.8) is 0 Å². The molecular weight excluding hydrogens is 316 g/mol. The highest BCUT2D eigenvalue weighted by Crippen LogP contribution is 2.22. The lowest BCUT2D eigenvalue weighted by Crippen LogP contribution is -2.10. The Morgan fingerprint density at radius 1 is 0.960 bits per heavy atom. The molecule has 0 atom stereocenters. The van der Waals surface area contributed by atoms with Crippen molar-refractivity contribution in [3.8, 4) is 11.5 Å². The van der Waals surface area contributed by atoms with Crippen LogP contribution in [0.3, 0.4) is 0 Å². The summed E-state index contributed by atoms with van der Waals surface area (Å²) in [6, 6.07) is 12.9. The van der Waals surface area contributed by atoms with E-state index in [1.165, 1.54) is 25.0 Å². The number of aromatic hydroxyl groups is 1. The zero-order chi connectivity index (χ0) is 18.1. The van der Waals surface area contributed by atoms with Crippen molar-refractivity contribution in [1.29, 1.82) is 0 Å².